The zero-order chi connectivity index (χ0) is 18.7. The summed E-state index contributed by atoms with van der Waals surface area (Å²) >= 11 is 6.35. The first-order valence-electron chi connectivity index (χ1n) is 9.18. The maximum atomic E-state index is 6.35. The number of oxazole rings is 1. The summed E-state index contributed by atoms with van der Waals surface area (Å²) < 4.78 is 6.31. The van der Waals surface area contributed by atoms with Crippen molar-refractivity contribution in [2.75, 3.05) is 0 Å². The third-order valence-corrected chi connectivity index (χ3v) is 5.57. The lowest BCUT2D eigenvalue weighted by molar-refractivity contribution is 0.623. The molecule has 6 rings (SSSR count). The highest BCUT2D eigenvalue weighted by molar-refractivity contribution is 6.34. The summed E-state index contributed by atoms with van der Waals surface area (Å²) in [7, 11) is 0. The van der Waals surface area contributed by atoms with Gasteiger partial charge in [0.2, 0.25) is 5.89 Å². The Labute approximate surface area is 166 Å². The van der Waals surface area contributed by atoms with Crippen LogP contribution >= 0.6 is 11.6 Å². The van der Waals surface area contributed by atoms with Crippen LogP contribution in [0.1, 0.15) is 0 Å². The zero-order valence-corrected chi connectivity index (χ0v) is 15.6. The molecule has 0 aliphatic heterocycles. The van der Waals surface area contributed by atoms with E-state index in [4.69, 9.17) is 21.0 Å². The molecule has 132 valence electrons. The number of rotatable bonds is 1. The summed E-state index contributed by atoms with van der Waals surface area (Å²) in [4.78, 5) is 4.93. The molecule has 5 aromatic carbocycles. The van der Waals surface area contributed by atoms with E-state index in [0.29, 0.717) is 10.9 Å². The van der Waals surface area contributed by atoms with Gasteiger partial charge in [-0.3, -0.25) is 0 Å². The molecule has 0 bridgehead atoms. The average molecular weight is 380 g/mol. The largest absolute Gasteiger partial charge is 0.435 e. The molecule has 1 aromatic heterocycles. The number of benzene rings is 5. The molecule has 0 aliphatic rings. The van der Waals surface area contributed by atoms with E-state index in [1.54, 1.807) is 0 Å². The summed E-state index contributed by atoms with van der Waals surface area (Å²) in [6.45, 7) is 0. The molecule has 0 aliphatic carbocycles. The number of hydrogen-bond acceptors (Lipinski definition) is 2. The molecule has 0 fully saturated rings. The Bertz CT molecular complexity index is 1520. The number of halogens is 1. The molecule has 6 aromatic rings. The first kappa shape index (κ1) is 15.7. The lowest BCUT2D eigenvalue weighted by atomic mass is 9.96. The van der Waals surface area contributed by atoms with E-state index in [1.807, 2.05) is 48.5 Å². The van der Waals surface area contributed by atoms with Crippen LogP contribution in [-0.2, 0) is 0 Å². The number of nitrogens with zero attached hydrogens (tertiary/aromatic N) is 1. The minimum atomic E-state index is 0.632. The Hall–Kier alpha value is -3.36. The quantitative estimate of drug-likeness (QED) is 0.275. The Morgan fingerprint density at radius 1 is 0.679 bits per heavy atom. The molecular formula is C25H14ClNO. The van der Waals surface area contributed by atoms with Gasteiger partial charge in [0.1, 0.15) is 5.52 Å². The van der Waals surface area contributed by atoms with Crippen LogP contribution in [0, 0.1) is 0 Å². The van der Waals surface area contributed by atoms with Gasteiger partial charge >= 0.3 is 0 Å². The molecule has 0 unspecified atom stereocenters. The molecule has 28 heavy (non-hydrogen) atoms. The van der Waals surface area contributed by atoms with Crippen molar-refractivity contribution >= 4 is 55.0 Å². The van der Waals surface area contributed by atoms with Crippen LogP contribution in [0.3, 0.4) is 0 Å². The third kappa shape index (κ3) is 2.19. The van der Waals surface area contributed by atoms with Gasteiger partial charge in [0.15, 0.2) is 5.58 Å². The van der Waals surface area contributed by atoms with Crippen LogP contribution in [0.5, 0.6) is 0 Å². The lowest BCUT2D eigenvalue weighted by Gasteiger charge is -2.08. The fourth-order valence-electron chi connectivity index (χ4n) is 4.06. The molecule has 0 atom stereocenters. The molecule has 0 radical (unpaired) electrons. The first-order valence-corrected chi connectivity index (χ1v) is 9.56. The van der Waals surface area contributed by atoms with Gasteiger partial charge in [0.25, 0.3) is 0 Å². The van der Waals surface area contributed by atoms with Gasteiger partial charge in [-0.05, 0) is 45.8 Å². The Morgan fingerprint density at radius 3 is 2.29 bits per heavy atom. The highest BCUT2D eigenvalue weighted by Gasteiger charge is 2.17. The normalized spacial score (nSPS) is 11.8. The van der Waals surface area contributed by atoms with Gasteiger partial charge in [-0.1, -0.05) is 72.3 Å². The monoisotopic (exact) mass is 379 g/mol. The highest BCUT2D eigenvalue weighted by atomic mass is 35.5. The molecule has 0 saturated heterocycles. The van der Waals surface area contributed by atoms with Crippen LogP contribution in [0.2, 0.25) is 5.02 Å². The predicted octanol–water partition coefficient (Wildman–Crippen LogP) is 7.61. The second-order valence-electron chi connectivity index (χ2n) is 6.96. The Kier molecular flexibility index (Phi) is 3.26. The van der Waals surface area contributed by atoms with Crippen molar-refractivity contribution in [2.45, 2.75) is 0 Å². The summed E-state index contributed by atoms with van der Waals surface area (Å²) in [5.41, 5.74) is 2.66. The van der Waals surface area contributed by atoms with Crippen molar-refractivity contribution in [1.29, 1.82) is 0 Å². The smallest absolute Gasteiger partial charge is 0.227 e. The standard InChI is InChI=1S/C25H14ClNO/c26-17-12-10-15-11-13-19-18-8-4-5-9-20(18)24-23(22(19)21(15)14-17)27-25(28-24)16-6-2-1-3-7-16/h1-14H. The summed E-state index contributed by atoms with van der Waals surface area (Å²) in [5.74, 6) is 0.632. The predicted molar refractivity (Wildman–Crippen MR) is 117 cm³/mol. The van der Waals surface area contributed by atoms with Gasteiger partial charge < -0.3 is 4.42 Å². The van der Waals surface area contributed by atoms with E-state index in [2.05, 4.69) is 36.4 Å². The number of fused-ring (bicyclic) bond motifs is 8. The summed E-state index contributed by atoms with van der Waals surface area (Å²) in [6.07, 6.45) is 0. The second kappa shape index (κ2) is 5.82. The minimum Gasteiger partial charge on any atom is -0.435 e. The number of aromatic nitrogens is 1. The maximum Gasteiger partial charge on any atom is 0.227 e. The van der Waals surface area contributed by atoms with Gasteiger partial charge in [0, 0.05) is 21.4 Å². The van der Waals surface area contributed by atoms with Gasteiger partial charge in [0.05, 0.1) is 0 Å². The van der Waals surface area contributed by atoms with Crippen molar-refractivity contribution in [2.24, 2.45) is 0 Å². The van der Waals surface area contributed by atoms with Crippen molar-refractivity contribution in [3.63, 3.8) is 0 Å². The average Bonchev–Trinajstić information content (AvgIpc) is 3.19. The van der Waals surface area contributed by atoms with Crippen LogP contribution in [0.4, 0.5) is 0 Å². The van der Waals surface area contributed by atoms with Crippen molar-refractivity contribution in [3.8, 4) is 11.5 Å². The first-order chi connectivity index (χ1) is 13.8. The molecule has 0 amide bonds. The van der Waals surface area contributed by atoms with E-state index in [1.165, 1.54) is 0 Å². The Morgan fingerprint density at radius 2 is 1.43 bits per heavy atom. The van der Waals surface area contributed by atoms with Crippen LogP contribution < -0.4 is 0 Å². The molecule has 2 nitrogen and oxygen atoms in total. The van der Waals surface area contributed by atoms with Crippen LogP contribution in [0.15, 0.2) is 89.3 Å². The fourth-order valence-corrected chi connectivity index (χ4v) is 4.24. The molecule has 0 spiro atoms. The van der Waals surface area contributed by atoms with Gasteiger partial charge in [-0.2, -0.15) is 0 Å². The van der Waals surface area contributed by atoms with Crippen LogP contribution in [-0.4, -0.2) is 4.98 Å². The van der Waals surface area contributed by atoms with Gasteiger partial charge in [-0.25, -0.2) is 4.98 Å². The Balaban J connectivity index is 1.88. The van der Waals surface area contributed by atoms with Crippen molar-refractivity contribution in [3.05, 3.63) is 90.0 Å². The molecule has 1 heterocycles. The van der Waals surface area contributed by atoms with E-state index in [-0.39, 0.29) is 0 Å². The van der Waals surface area contributed by atoms with E-state index in [0.717, 1.165) is 49.0 Å². The fraction of sp³-hybridized carbons (Fsp3) is 0. The van der Waals surface area contributed by atoms with E-state index >= 15 is 0 Å². The maximum absolute atomic E-state index is 6.35. The summed E-state index contributed by atoms with van der Waals surface area (Å²) in [6, 6.07) is 28.7. The summed E-state index contributed by atoms with van der Waals surface area (Å²) in [5, 5.41) is 7.41. The van der Waals surface area contributed by atoms with E-state index < -0.39 is 0 Å². The molecular weight excluding hydrogens is 366 g/mol. The SMILES string of the molecule is Clc1ccc2ccc3c4ccccc4c4oc(-c5ccccc5)nc4c3c2c1. The van der Waals surface area contributed by atoms with Crippen molar-refractivity contribution < 1.29 is 4.42 Å². The highest BCUT2D eigenvalue weighted by Crippen LogP contribution is 2.40. The minimum absolute atomic E-state index is 0.632. The van der Waals surface area contributed by atoms with Crippen LogP contribution in [0.25, 0.3) is 54.9 Å². The van der Waals surface area contributed by atoms with Gasteiger partial charge in [-0.15, -0.1) is 0 Å². The second-order valence-corrected chi connectivity index (χ2v) is 7.40. The van der Waals surface area contributed by atoms with Crippen molar-refractivity contribution in [1.82, 2.24) is 4.98 Å². The van der Waals surface area contributed by atoms with E-state index in [9.17, 15) is 0 Å². The topological polar surface area (TPSA) is 26.0 Å². The molecule has 0 N–H and O–H groups in total. The molecule has 0 saturated carbocycles. The third-order valence-electron chi connectivity index (χ3n) is 5.33. The number of hydrogen-bond donors (Lipinski definition) is 0. The molecule has 3 heteroatoms. The zero-order valence-electron chi connectivity index (χ0n) is 14.8. The lowest BCUT2D eigenvalue weighted by Crippen LogP contribution is -1.84.